The summed E-state index contributed by atoms with van der Waals surface area (Å²) in [5.41, 5.74) is 6.74. The second-order valence-corrected chi connectivity index (χ2v) is 5.02. The average Bonchev–Trinajstić information content (AvgIpc) is 2.50. The van der Waals surface area contributed by atoms with Gasteiger partial charge in [0.1, 0.15) is 5.75 Å². The van der Waals surface area contributed by atoms with Crippen molar-refractivity contribution in [3.63, 3.8) is 0 Å². The standard InChI is InChI=1S/C16H15ClN2O3/c1-10-12(17)6-4-7-13(10)19-16(21)11-5-2-3-8-14(11)22-9-15(18)20/h2-8H,9H2,1H3,(H2,18,20)(H,19,21). The first-order valence-corrected chi connectivity index (χ1v) is 6.93. The zero-order chi connectivity index (χ0) is 16.1. The maximum atomic E-state index is 12.4. The van der Waals surface area contributed by atoms with Crippen molar-refractivity contribution in [1.82, 2.24) is 0 Å². The number of halogens is 1. The van der Waals surface area contributed by atoms with E-state index in [0.29, 0.717) is 22.0 Å². The van der Waals surface area contributed by atoms with Gasteiger partial charge in [0.05, 0.1) is 5.56 Å². The first-order valence-electron chi connectivity index (χ1n) is 6.55. The first kappa shape index (κ1) is 15.9. The number of nitrogens with one attached hydrogen (secondary N) is 1. The summed E-state index contributed by atoms with van der Waals surface area (Å²) >= 11 is 6.03. The Kier molecular flexibility index (Phi) is 5.01. The highest BCUT2D eigenvalue weighted by molar-refractivity contribution is 6.31. The average molecular weight is 319 g/mol. The maximum Gasteiger partial charge on any atom is 0.259 e. The van der Waals surface area contributed by atoms with Crippen LogP contribution in [0.4, 0.5) is 5.69 Å². The highest BCUT2D eigenvalue weighted by atomic mass is 35.5. The summed E-state index contributed by atoms with van der Waals surface area (Å²) in [5, 5.41) is 3.34. The molecule has 0 spiro atoms. The van der Waals surface area contributed by atoms with Gasteiger partial charge in [0, 0.05) is 10.7 Å². The molecular formula is C16H15ClN2O3. The molecule has 5 nitrogen and oxygen atoms in total. The number of hydrogen-bond acceptors (Lipinski definition) is 3. The van der Waals surface area contributed by atoms with Gasteiger partial charge in [0.25, 0.3) is 11.8 Å². The van der Waals surface area contributed by atoms with Crippen molar-refractivity contribution >= 4 is 29.1 Å². The highest BCUT2D eigenvalue weighted by Gasteiger charge is 2.14. The van der Waals surface area contributed by atoms with Crippen LogP contribution < -0.4 is 15.8 Å². The van der Waals surface area contributed by atoms with E-state index in [2.05, 4.69) is 5.32 Å². The lowest BCUT2D eigenvalue weighted by atomic mass is 10.1. The molecule has 2 aromatic carbocycles. The number of carbonyl (C=O) groups is 2. The molecule has 3 N–H and O–H groups in total. The van der Waals surface area contributed by atoms with Gasteiger partial charge in [0.2, 0.25) is 0 Å². The molecule has 0 heterocycles. The summed E-state index contributed by atoms with van der Waals surface area (Å²) in [6.07, 6.45) is 0. The maximum absolute atomic E-state index is 12.4. The lowest BCUT2D eigenvalue weighted by molar-refractivity contribution is -0.119. The third kappa shape index (κ3) is 3.77. The van der Waals surface area contributed by atoms with E-state index in [1.165, 1.54) is 0 Å². The Morgan fingerprint density at radius 2 is 1.91 bits per heavy atom. The number of carbonyl (C=O) groups excluding carboxylic acids is 2. The molecule has 0 saturated heterocycles. The monoisotopic (exact) mass is 318 g/mol. The van der Waals surface area contributed by atoms with E-state index in [0.717, 1.165) is 5.56 Å². The lowest BCUT2D eigenvalue weighted by Gasteiger charge is -2.12. The van der Waals surface area contributed by atoms with Crippen molar-refractivity contribution in [2.45, 2.75) is 6.92 Å². The molecule has 22 heavy (non-hydrogen) atoms. The fourth-order valence-corrected chi connectivity index (χ4v) is 2.04. The second kappa shape index (κ2) is 6.95. The van der Waals surface area contributed by atoms with Gasteiger partial charge in [-0.1, -0.05) is 29.8 Å². The molecule has 0 aliphatic rings. The molecule has 0 fully saturated rings. The van der Waals surface area contributed by atoms with Crippen LogP contribution >= 0.6 is 11.6 Å². The normalized spacial score (nSPS) is 10.1. The Morgan fingerprint density at radius 3 is 2.64 bits per heavy atom. The van der Waals surface area contributed by atoms with Crippen LogP contribution in [0.25, 0.3) is 0 Å². The number of hydrogen-bond donors (Lipinski definition) is 2. The summed E-state index contributed by atoms with van der Waals surface area (Å²) in [4.78, 5) is 23.2. The summed E-state index contributed by atoms with van der Waals surface area (Å²) in [5.74, 6) is -0.676. The summed E-state index contributed by atoms with van der Waals surface area (Å²) in [6, 6.07) is 11.9. The van der Waals surface area contributed by atoms with E-state index in [-0.39, 0.29) is 12.5 Å². The van der Waals surface area contributed by atoms with Gasteiger partial charge >= 0.3 is 0 Å². The summed E-state index contributed by atoms with van der Waals surface area (Å²) in [6.45, 7) is 1.52. The number of para-hydroxylation sites is 1. The molecule has 6 heteroatoms. The number of rotatable bonds is 5. The molecule has 2 rings (SSSR count). The van der Waals surface area contributed by atoms with Crippen LogP contribution in [-0.2, 0) is 4.79 Å². The number of benzene rings is 2. The number of primary amides is 1. The zero-order valence-electron chi connectivity index (χ0n) is 11.9. The van der Waals surface area contributed by atoms with Gasteiger partial charge in [-0.25, -0.2) is 0 Å². The molecule has 0 aliphatic carbocycles. The van der Waals surface area contributed by atoms with Crippen LogP contribution in [0.15, 0.2) is 42.5 Å². The molecule has 2 aromatic rings. The second-order valence-electron chi connectivity index (χ2n) is 4.62. The number of ether oxygens (including phenoxy) is 1. The Bertz CT molecular complexity index is 716. The Balaban J connectivity index is 2.22. The number of amides is 2. The number of nitrogens with two attached hydrogens (primary N) is 1. The molecule has 0 atom stereocenters. The number of anilines is 1. The van der Waals surface area contributed by atoms with E-state index >= 15 is 0 Å². The smallest absolute Gasteiger partial charge is 0.259 e. The molecule has 114 valence electrons. The van der Waals surface area contributed by atoms with Gasteiger partial charge in [-0.3, -0.25) is 9.59 Å². The SMILES string of the molecule is Cc1c(Cl)cccc1NC(=O)c1ccccc1OCC(N)=O. The van der Waals surface area contributed by atoms with Gasteiger partial charge in [-0.15, -0.1) is 0 Å². The highest BCUT2D eigenvalue weighted by Crippen LogP contribution is 2.25. The predicted octanol–water partition coefficient (Wildman–Crippen LogP) is 2.76. The molecule has 0 unspecified atom stereocenters. The van der Waals surface area contributed by atoms with Crippen LogP contribution in [0.5, 0.6) is 5.75 Å². The van der Waals surface area contributed by atoms with E-state index in [9.17, 15) is 9.59 Å². The Morgan fingerprint density at radius 1 is 1.18 bits per heavy atom. The van der Waals surface area contributed by atoms with Crippen molar-refractivity contribution < 1.29 is 14.3 Å². The van der Waals surface area contributed by atoms with Gasteiger partial charge < -0.3 is 15.8 Å². The first-order chi connectivity index (χ1) is 10.5. The van der Waals surface area contributed by atoms with Crippen molar-refractivity contribution in [2.24, 2.45) is 5.73 Å². The van der Waals surface area contributed by atoms with Crippen LogP contribution in [0, 0.1) is 6.92 Å². The molecule has 0 aromatic heterocycles. The van der Waals surface area contributed by atoms with Crippen molar-refractivity contribution in [2.75, 3.05) is 11.9 Å². The van der Waals surface area contributed by atoms with Crippen molar-refractivity contribution in [3.05, 3.63) is 58.6 Å². The molecular weight excluding hydrogens is 304 g/mol. The van der Waals surface area contributed by atoms with E-state index in [4.69, 9.17) is 22.1 Å². The van der Waals surface area contributed by atoms with E-state index in [1.807, 2.05) is 6.92 Å². The minimum atomic E-state index is -0.610. The summed E-state index contributed by atoms with van der Waals surface area (Å²) in [7, 11) is 0. The molecule has 0 aliphatic heterocycles. The fourth-order valence-electron chi connectivity index (χ4n) is 1.86. The van der Waals surface area contributed by atoms with Gasteiger partial charge in [-0.05, 0) is 36.8 Å². The minimum absolute atomic E-state index is 0.290. The summed E-state index contributed by atoms with van der Waals surface area (Å²) < 4.78 is 5.25. The van der Waals surface area contributed by atoms with E-state index in [1.54, 1.807) is 42.5 Å². The van der Waals surface area contributed by atoms with Crippen LogP contribution in [0.1, 0.15) is 15.9 Å². The molecule has 2 amide bonds. The minimum Gasteiger partial charge on any atom is -0.483 e. The Hall–Kier alpha value is -2.53. The quantitative estimate of drug-likeness (QED) is 0.889. The predicted molar refractivity (Wildman–Crippen MR) is 85.3 cm³/mol. The van der Waals surface area contributed by atoms with Crippen molar-refractivity contribution in [3.8, 4) is 5.75 Å². The molecule has 0 saturated carbocycles. The lowest BCUT2D eigenvalue weighted by Crippen LogP contribution is -2.21. The fraction of sp³-hybridized carbons (Fsp3) is 0.125. The van der Waals surface area contributed by atoms with Gasteiger partial charge in [0.15, 0.2) is 6.61 Å². The van der Waals surface area contributed by atoms with Crippen LogP contribution in [0.2, 0.25) is 5.02 Å². The molecule has 0 bridgehead atoms. The topological polar surface area (TPSA) is 81.4 Å². The Labute approximate surface area is 133 Å². The molecule has 0 radical (unpaired) electrons. The zero-order valence-corrected chi connectivity index (χ0v) is 12.7. The third-order valence-electron chi connectivity index (χ3n) is 3.02. The van der Waals surface area contributed by atoms with Crippen LogP contribution in [-0.4, -0.2) is 18.4 Å². The van der Waals surface area contributed by atoms with Crippen LogP contribution in [0.3, 0.4) is 0 Å². The van der Waals surface area contributed by atoms with E-state index < -0.39 is 5.91 Å². The van der Waals surface area contributed by atoms with Gasteiger partial charge in [-0.2, -0.15) is 0 Å². The third-order valence-corrected chi connectivity index (χ3v) is 3.43. The largest absolute Gasteiger partial charge is 0.483 e. The van der Waals surface area contributed by atoms with Crippen molar-refractivity contribution in [1.29, 1.82) is 0 Å².